The molecule has 1 aliphatic rings. The van der Waals surface area contributed by atoms with E-state index in [1.165, 1.54) is 16.8 Å². The molecule has 10 nitrogen and oxygen atoms in total. The number of rotatable bonds is 8. The highest BCUT2D eigenvalue weighted by Gasteiger charge is 2.29. The summed E-state index contributed by atoms with van der Waals surface area (Å²) in [5.41, 5.74) is 1.82. The Kier molecular flexibility index (Phi) is 5.84. The van der Waals surface area contributed by atoms with Crippen LogP contribution in [0.5, 0.6) is 5.75 Å². The van der Waals surface area contributed by atoms with Crippen molar-refractivity contribution in [2.45, 2.75) is 19.8 Å². The molecule has 1 saturated carbocycles. The first-order valence-corrected chi connectivity index (χ1v) is 10.0. The van der Waals surface area contributed by atoms with Crippen molar-refractivity contribution >= 4 is 29.0 Å². The highest BCUT2D eigenvalue weighted by atomic mass is 16.6. The average molecular weight is 435 g/mol. The van der Waals surface area contributed by atoms with E-state index in [0.29, 0.717) is 28.6 Å². The first-order chi connectivity index (χ1) is 15.4. The van der Waals surface area contributed by atoms with Crippen molar-refractivity contribution in [3.8, 4) is 11.4 Å². The lowest BCUT2D eigenvalue weighted by molar-refractivity contribution is -0.384. The van der Waals surface area contributed by atoms with Crippen molar-refractivity contribution in [2.24, 2.45) is 5.92 Å². The zero-order chi connectivity index (χ0) is 22.7. The summed E-state index contributed by atoms with van der Waals surface area (Å²) in [7, 11) is 0. The average Bonchev–Trinajstić information content (AvgIpc) is 3.56. The molecule has 0 spiro atoms. The first kappa shape index (κ1) is 21.0. The third-order valence-corrected chi connectivity index (χ3v) is 4.82. The van der Waals surface area contributed by atoms with Crippen LogP contribution in [-0.4, -0.2) is 33.1 Å². The number of nitro groups is 1. The number of benzene rings is 2. The number of ether oxygens (including phenoxy) is 1. The maximum atomic E-state index is 12.4. The number of hydrogen-bond acceptors (Lipinski definition) is 6. The maximum Gasteiger partial charge on any atom is 0.269 e. The molecule has 10 heteroatoms. The molecule has 0 bridgehead atoms. The molecule has 3 aromatic rings. The smallest absolute Gasteiger partial charge is 0.269 e. The summed E-state index contributed by atoms with van der Waals surface area (Å²) in [6.07, 6.45) is 1.83. The van der Waals surface area contributed by atoms with E-state index in [-0.39, 0.29) is 24.1 Å². The van der Waals surface area contributed by atoms with Crippen molar-refractivity contribution in [3.63, 3.8) is 0 Å². The fraction of sp³-hybridized carbons (Fsp3) is 0.227. The number of nitrogens with zero attached hydrogens (tertiary/aromatic N) is 3. The van der Waals surface area contributed by atoms with Gasteiger partial charge in [0.15, 0.2) is 6.61 Å². The third kappa shape index (κ3) is 5.09. The largest absolute Gasteiger partial charge is 0.484 e. The van der Waals surface area contributed by atoms with Crippen LogP contribution >= 0.6 is 0 Å². The van der Waals surface area contributed by atoms with Gasteiger partial charge in [-0.3, -0.25) is 19.7 Å². The minimum absolute atomic E-state index is 0.00484. The van der Waals surface area contributed by atoms with Crippen LogP contribution in [0.3, 0.4) is 0 Å². The van der Waals surface area contributed by atoms with Gasteiger partial charge in [0.2, 0.25) is 5.91 Å². The van der Waals surface area contributed by atoms with Gasteiger partial charge in [-0.2, -0.15) is 5.10 Å². The lowest BCUT2D eigenvalue weighted by atomic mass is 10.3. The zero-order valence-corrected chi connectivity index (χ0v) is 17.3. The van der Waals surface area contributed by atoms with Crippen LogP contribution in [0.4, 0.5) is 17.2 Å². The molecule has 0 aliphatic heterocycles. The van der Waals surface area contributed by atoms with E-state index in [1.54, 1.807) is 49.4 Å². The number of nitrogens with one attached hydrogen (secondary N) is 2. The van der Waals surface area contributed by atoms with E-state index in [0.717, 1.165) is 12.8 Å². The fourth-order valence-electron chi connectivity index (χ4n) is 3.08. The minimum atomic E-state index is -0.482. The summed E-state index contributed by atoms with van der Waals surface area (Å²) in [4.78, 5) is 34.7. The Morgan fingerprint density at radius 2 is 1.91 bits per heavy atom. The van der Waals surface area contributed by atoms with Gasteiger partial charge in [-0.25, -0.2) is 4.68 Å². The predicted octanol–water partition coefficient (Wildman–Crippen LogP) is 3.45. The summed E-state index contributed by atoms with van der Waals surface area (Å²) < 4.78 is 7.06. The molecule has 32 heavy (non-hydrogen) atoms. The van der Waals surface area contributed by atoms with Crippen molar-refractivity contribution in [1.29, 1.82) is 0 Å². The molecule has 2 amide bonds. The van der Waals surface area contributed by atoms with E-state index >= 15 is 0 Å². The molecular weight excluding hydrogens is 414 g/mol. The summed E-state index contributed by atoms with van der Waals surface area (Å²) in [5.74, 6) is 0.550. The molecule has 1 heterocycles. The van der Waals surface area contributed by atoms with Gasteiger partial charge in [0.1, 0.15) is 11.6 Å². The molecule has 0 saturated heterocycles. The second kappa shape index (κ2) is 8.88. The van der Waals surface area contributed by atoms with Crippen molar-refractivity contribution < 1.29 is 19.2 Å². The third-order valence-electron chi connectivity index (χ3n) is 4.82. The van der Waals surface area contributed by atoms with Gasteiger partial charge in [0, 0.05) is 35.9 Å². The number of hydrogen-bond donors (Lipinski definition) is 2. The topological polar surface area (TPSA) is 128 Å². The SMILES string of the molecule is Cc1cc(NC(=O)COc2cccc(NC(=O)C3CC3)c2)n(-c2ccc([N+](=O)[O-])cc2)n1. The van der Waals surface area contributed by atoms with Gasteiger partial charge >= 0.3 is 0 Å². The number of carbonyl (C=O) groups excluding carboxylic acids is 2. The van der Waals surface area contributed by atoms with Crippen LogP contribution in [0.1, 0.15) is 18.5 Å². The Labute approximate surface area is 183 Å². The molecule has 1 aliphatic carbocycles. The predicted molar refractivity (Wildman–Crippen MR) is 117 cm³/mol. The Bertz CT molecular complexity index is 1170. The Morgan fingerprint density at radius 1 is 1.16 bits per heavy atom. The fourth-order valence-corrected chi connectivity index (χ4v) is 3.08. The van der Waals surface area contributed by atoms with Crippen LogP contribution in [0.2, 0.25) is 0 Å². The number of nitro benzene ring substituents is 1. The normalized spacial score (nSPS) is 12.8. The van der Waals surface area contributed by atoms with Gasteiger partial charge in [-0.15, -0.1) is 0 Å². The van der Waals surface area contributed by atoms with Crippen LogP contribution in [0, 0.1) is 23.0 Å². The first-order valence-electron chi connectivity index (χ1n) is 10.0. The van der Waals surface area contributed by atoms with Crippen molar-refractivity contribution in [3.05, 3.63) is 70.4 Å². The van der Waals surface area contributed by atoms with Crippen LogP contribution in [-0.2, 0) is 9.59 Å². The van der Waals surface area contributed by atoms with Crippen molar-refractivity contribution in [1.82, 2.24) is 9.78 Å². The summed E-state index contributed by atoms with van der Waals surface area (Å²) in [6, 6.07) is 14.4. The molecule has 0 atom stereocenters. The molecule has 1 aromatic heterocycles. The van der Waals surface area contributed by atoms with Gasteiger partial charge < -0.3 is 15.4 Å². The van der Waals surface area contributed by atoms with Gasteiger partial charge in [-0.05, 0) is 44.0 Å². The lowest BCUT2D eigenvalue weighted by Crippen LogP contribution is -2.22. The zero-order valence-electron chi connectivity index (χ0n) is 17.3. The number of amides is 2. The van der Waals surface area contributed by atoms with Crippen LogP contribution in [0.25, 0.3) is 5.69 Å². The lowest BCUT2D eigenvalue weighted by Gasteiger charge is -2.11. The van der Waals surface area contributed by atoms with E-state index in [4.69, 9.17) is 4.74 Å². The number of aromatic nitrogens is 2. The molecule has 2 N–H and O–H groups in total. The monoisotopic (exact) mass is 435 g/mol. The van der Waals surface area contributed by atoms with E-state index in [9.17, 15) is 19.7 Å². The number of anilines is 2. The van der Waals surface area contributed by atoms with Gasteiger partial charge in [0.25, 0.3) is 11.6 Å². The van der Waals surface area contributed by atoms with Crippen LogP contribution < -0.4 is 15.4 Å². The quantitative estimate of drug-likeness (QED) is 0.412. The summed E-state index contributed by atoms with van der Waals surface area (Å²) in [6.45, 7) is 1.53. The Hall–Kier alpha value is -4.21. The second-order valence-electron chi connectivity index (χ2n) is 7.48. The molecule has 0 radical (unpaired) electrons. The number of non-ortho nitro benzene ring substituents is 1. The van der Waals surface area contributed by atoms with E-state index in [2.05, 4.69) is 15.7 Å². The van der Waals surface area contributed by atoms with Crippen molar-refractivity contribution in [2.75, 3.05) is 17.2 Å². The number of aryl methyl sites for hydroxylation is 1. The second-order valence-corrected chi connectivity index (χ2v) is 7.48. The standard InChI is InChI=1S/C22H21N5O5/c1-14-11-20(26(25-14)17-7-9-18(10-8-17)27(30)31)24-21(28)13-32-19-4-2-3-16(12-19)23-22(29)15-5-6-15/h2-4,7-12,15H,5-6,13H2,1H3,(H,23,29)(H,24,28). The van der Waals surface area contributed by atoms with E-state index in [1.807, 2.05) is 0 Å². The molecule has 164 valence electrons. The highest BCUT2D eigenvalue weighted by Crippen LogP contribution is 2.30. The van der Waals surface area contributed by atoms with Gasteiger partial charge in [-0.1, -0.05) is 6.07 Å². The maximum absolute atomic E-state index is 12.4. The molecule has 0 unspecified atom stereocenters. The Balaban J connectivity index is 1.38. The molecule has 2 aromatic carbocycles. The minimum Gasteiger partial charge on any atom is -0.484 e. The summed E-state index contributed by atoms with van der Waals surface area (Å²) >= 11 is 0. The van der Waals surface area contributed by atoms with E-state index < -0.39 is 10.8 Å². The highest BCUT2D eigenvalue weighted by molar-refractivity contribution is 5.94. The molecular formula is C22H21N5O5. The van der Waals surface area contributed by atoms with Gasteiger partial charge in [0.05, 0.1) is 16.3 Å². The molecule has 1 fully saturated rings. The Morgan fingerprint density at radius 3 is 2.59 bits per heavy atom. The summed E-state index contributed by atoms with van der Waals surface area (Å²) in [5, 5.41) is 20.8. The molecule has 4 rings (SSSR count). The number of carbonyl (C=O) groups is 2. The van der Waals surface area contributed by atoms with Crippen LogP contribution in [0.15, 0.2) is 54.6 Å².